The van der Waals surface area contributed by atoms with E-state index in [0.717, 1.165) is 60.2 Å². The number of hydrogen-bond acceptors (Lipinski definition) is 9. The van der Waals surface area contributed by atoms with Crippen LogP contribution in [0.1, 0.15) is 17.3 Å². The summed E-state index contributed by atoms with van der Waals surface area (Å²) < 4.78 is 11.5. The Kier molecular flexibility index (Phi) is 6.42. The molecule has 0 spiro atoms. The lowest BCUT2D eigenvalue weighted by Gasteiger charge is -2.33. The first-order valence-corrected chi connectivity index (χ1v) is 12.9. The third-order valence-electron chi connectivity index (χ3n) is 6.37. The van der Waals surface area contributed by atoms with Crippen molar-refractivity contribution in [1.82, 2.24) is 30.1 Å². The molecule has 0 aliphatic carbocycles. The van der Waals surface area contributed by atoms with Crippen LogP contribution in [0.5, 0.6) is 0 Å². The van der Waals surface area contributed by atoms with Crippen molar-refractivity contribution in [3.05, 3.63) is 83.4 Å². The van der Waals surface area contributed by atoms with Crippen molar-refractivity contribution in [2.75, 3.05) is 26.2 Å². The third kappa shape index (κ3) is 4.86. The monoisotopic (exact) mass is 498 g/mol. The second-order valence-corrected chi connectivity index (χ2v) is 9.75. The van der Waals surface area contributed by atoms with Gasteiger partial charge in [-0.1, -0.05) is 65.8 Å². The predicted octanol–water partition coefficient (Wildman–Crippen LogP) is 5.14. The first kappa shape index (κ1) is 22.8. The van der Waals surface area contributed by atoms with Gasteiger partial charge in [0.1, 0.15) is 22.0 Å². The molecule has 9 heteroatoms. The molecule has 1 aliphatic rings. The van der Waals surface area contributed by atoms with Crippen LogP contribution in [-0.4, -0.2) is 56.3 Å². The molecule has 0 saturated carbocycles. The highest BCUT2D eigenvalue weighted by atomic mass is 32.1. The molecule has 8 nitrogen and oxygen atoms in total. The summed E-state index contributed by atoms with van der Waals surface area (Å²) in [5.41, 5.74) is 4.73. The summed E-state index contributed by atoms with van der Waals surface area (Å²) in [6.07, 6.45) is 0. The van der Waals surface area contributed by atoms with Gasteiger partial charge in [-0.3, -0.25) is 9.80 Å². The molecule has 182 valence electrons. The Morgan fingerprint density at radius 1 is 0.833 bits per heavy atom. The molecular weight excluding hydrogens is 472 g/mol. The zero-order chi connectivity index (χ0) is 24.3. The molecule has 0 N–H and O–H groups in total. The summed E-state index contributed by atoms with van der Waals surface area (Å²) in [7, 11) is 0. The Morgan fingerprint density at radius 2 is 1.50 bits per heavy atom. The first-order chi connectivity index (χ1) is 17.7. The van der Waals surface area contributed by atoms with E-state index in [-0.39, 0.29) is 0 Å². The van der Waals surface area contributed by atoms with Crippen molar-refractivity contribution >= 4 is 11.3 Å². The number of aromatic nitrogens is 4. The SMILES string of the molecule is Cc1onc(-c2ccccc2)c1-c1nnc(CN2CCN(Cc3csc(-c4ccccc4)n3)CC2)o1. The maximum atomic E-state index is 6.05. The van der Waals surface area contributed by atoms with Crippen molar-refractivity contribution in [3.8, 4) is 33.3 Å². The zero-order valence-corrected chi connectivity index (χ0v) is 20.8. The quantitative estimate of drug-likeness (QED) is 0.305. The fourth-order valence-corrected chi connectivity index (χ4v) is 5.27. The Labute approximate surface area is 213 Å². The lowest BCUT2D eigenvalue weighted by atomic mass is 10.1. The molecule has 6 rings (SSSR count). The number of thiazole rings is 1. The second kappa shape index (κ2) is 10.1. The largest absolute Gasteiger partial charge is 0.419 e. The average Bonchev–Trinajstić information content (AvgIpc) is 3.66. The van der Waals surface area contributed by atoms with E-state index >= 15 is 0 Å². The Hall–Kier alpha value is -3.66. The standard InChI is InChI=1S/C27H26N6O2S/c1-19-24(25(31-35-19)20-8-4-2-5-9-20)26-30-29-23(34-26)17-33-14-12-32(13-15-33)16-22-18-36-27(28-22)21-10-6-3-7-11-21/h2-11,18H,12-17H2,1H3. The maximum absolute atomic E-state index is 6.05. The van der Waals surface area contributed by atoms with Gasteiger partial charge < -0.3 is 8.94 Å². The van der Waals surface area contributed by atoms with Crippen molar-refractivity contribution in [2.45, 2.75) is 20.0 Å². The molecule has 5 aromatic rings. The minimum Gasteiger partial charge on any atom is -0.419 e. The molecule has 0 unspecified atom stereocenters. The van der Waals surface area contributed by atoms with Gasteiger partial charge in [-0.15, -0.1) is 21.5 Å². The van der Waals surface area contributed by atoms with E-state index in [1.54, 1.807) is 11.3 Å². The molecule has 3 aromatic heterocycles. The van der Waals surface area contributed by atoms with Gasteiger partial charge in [0.05, 0.1) is 12.2 Å². The van der Waals surface area contributed by atoms with Gasteiger partial charge in [0.15, 0.2) is 0 Å². The van der Waals surface area contributed by atoms with Crippen LogP contribution in [0.3, 0.4) is 0 Å². The normalized spacial score (nSPS) is 14.9. The van der Waals surface area contributed by atoms with Gasteiger partial charge >= 0.3 is 0 Å². The Morgan fingerprint density at radius 3 is 2.22 bits per heavy atom. The van der Waals surface area contributed by atoms with Crippen LogP contribution in [0.2, 0.25) is 0 Å². The predicted molar refractivity (Wildman–Crippen MR) is 138 cm³/mol. The lowest BCUT2D eigenvalue weighted by Crippen LogP contribution is -2.45. The van der Waals surface area contributed by atoms with Crippen LogP contribution in [0.15, 0.2) is 75.0 Å². The van der Waals surface area contributed by atoms with E-state index in [4.69, 9.17) is 13.9 Å². The first-order valence-electron chi connectivity index (χ1n) is 12.0. The molecule has 1 fully saturated rings. The Balaban J connectivity index is 1.06. The van der Waals surface area contributed by atoms with Crippen molar-refractivity contribution in [2.24, 2.45) is 0 Å². The summed E-state index contributed by atoms with van der Waals surface area (Å²) in [6, 6.07) is 20.3. The van der Waals surface area contributed by atoms with Crippen molar-refractivity contribution in [1.29, 1.82) is 0 Å². The number of rotatable bonds is 7. The van der Waals surface area contributed by atoms with E-state index in [1.807, 2.05) is 43.3 Å². The molecule has 4 heterocycles. The zero-order valence-electron chi connectivity index (χ0n) is 20.0. The number of hydrogen-bond donors (Lipinski definition) is 0. The molecular formula is C27H26N6O2S. The smallest absolute Gasteiger partial charge is 0.253 e. The highest BCUT2D eigenvalue weighted by Crippen LogP contribution is 2.33. The second-order valence-electron chi connectivity index (χ2n) is 8.89. The van der Waals surface area contributed by atoms with Crippen molar-refractivity contribution in [3.63, 3.8) is 0 Å². The lowest BCUT2D eigenvalue weighted by molar-refractivity contribution is 0.114. The van der Waals surface area contributed by atoms with Crippen molar-refractivity contribution < 1.29 is 8.94 Å². The highest BCUT2D eigenvalue weighted by molar-refractivity contribution is 7.13. The van der Waals surface area contributed by atoms with Gasteiger partial charge in [-0.2, -0.15) is 0 Å². The molecule has 1 saturated heterocycles. The summed E-state index contributed by atoms with van der Waals surface area (Å²) in [5.74, 6) is 1.71. The molecule has 1 aliphatic heterocycles. The maximum Gasteiger partial charge on any atom is 0.253 e. The molecule has 0 amide bonds. The molecule has 0 atom stereocenters. The third-order valence-corrected chi connectivity index (χ3v) is 7.31. The van der Waals surface area contributed by atoms with E-state index in [9.17, 15) is 0 Å². The number of piperazine rings is 1. The average molecular weight is 499 g/mol. The van der Waals surface area contributed by atoms with Crippen LogP contribution in [0, 0.1) is 6.92 Å². The fourth-order valence-electron chi connectivity index (χ4n) is 4.45. The minimum atomic E-state index is 0.444. The summed E-state index contributed by atoms with van der Waals surface area (Å²) in [6.45, 7) is 7.19. The van der Waals surface area contributed by atoms with Gasteiger partial charge in [-0.05, 0) is 6.92 Å². The molecule has 36 heavy (non-hydrogen) atoms. The summed E-state index contributed by atoms with van der Waals surface area (Å²) >= 11 is 1.71. The van der Waals surface area contributed by atoms with Crippen LogP contribution in [0.4, 0.5) is 0 Å². The molecule has 0 bridgehead atoms. The Bertz CT molecular complexity index is 1420. The van der Waals surface area contributed by atoms with E-state index < -0.39 is 0 Å². The number of aryl methyl sites for hydroxylation is 1. The number of nitrogens with zero attached hydrogens (tertiary/aromatic N) is 6. The molecule has 2 aromatic carbocycles. The minimum absolute atomic E-state index is 0.444. The summed E-state index contributed by atoms with van der Waals surface area (Å²) in [5, 5.41) is 16.1. The summed E-state index contributed by atoms with van der Waals surface area (Å²) in [4.78, 5) is 9.64. The van der Waals surface area contributed by atoms with Gasteiger partial charge in [-0.25, -0.2) is 4.98 Å². The van der Waals surface area contributed by atoms with E-state index in [1.165, 1.54) is 5.56 Å². The van der Waals surface area contributed by atoms with E-state index in [0.29, 0.717) is 24.1 Å². The van der Waals surface area contributed by atoms with Crippen LogP contribution < -0.4 is 0 Å². The highest BCUT2D eigenvalue weighted by Gasteiger charge is 2.24. The van der Waals surface area contributed by atoms with E-state index in [2.05, 4.69) is 54.8 Å². The van der Waals surface area contributed by atoms with Crippen LogP contribution >= 0.6 is 11.3 Å². The number of benzene rings is 2. The van der Waals surface area contributed by atoms with Crippen LogP contribution in [0.25, 0.3) is 33.3 Å². The topological polar surface area (TPSA) is 84.3 Å². The fraction of sp³-hybridized carbons (Fsp3) is 0.259. The van der Waals surface area contributed by atoms with Crippen LogP contribution in [-0.2, 0) is 13.1 Å². The molecule has 0 radical (unpaired) electrons. The van der Waals surface area contributed by atoms with Gasteiger partial charge in [0, 0.05) is 49.2 Å². The van der Waals surface area contributed by atoms with Gasteiger partial charge in [0.2, 0.25) is 5.89 Å². The van der Waals surface area contributed by atoms with Gasteiger partial charge in [0.25, 0.3) is 5.89 Å².